The first-order valence-corrected chi connectivity index (χ1v) is 12.1. The molecular formula is C23H26O7S. The molecule has 2 fully saturated rings. The van der Waals surface area contributed by atoms with E-state index in [1.807, 2.05) is 0 Å². The number of hydrogen-bond acceptors (Lipinski definition) is 7. The molecule has 0 amide bonds. The number of allylic oxidation sites excluding steroid dienone is 2. The third-order valence-corrected chi connectivity index (χ3v) is 9.54. The number of sulfone groups is 1. The van der Waals surface area contributed by atoms with E-state index in [2.05, 4.69) is 0 Å². The van der Waals surface area contributed by atoms with E-state index in [4.69, 9.17) is 9.47 Å². The zero-order chi connectivity index (χ0) is 22.4. The molecule has 3 aliphatic rings. The number of esters is 2. The van der Waals surface area contributed by atoms with E-state index >= 15 is 0 Å². The van der Waals surface area contributed by atoms with Crippen molar-refractivity contribution in [2.24, 2.45) is 17.3 Å². The lowest BCUT2D eigenvalue weighted by atomic mass is 9.65. The molecule has 1 aromatic carbocycles. The van der Waals surface area contributed by atoms with Gasteiger partial charge in [0.1, 0.15) is 4.75 Å². The molecule has 0 aliphatic heterocycles. The number of carbonyl (C=O) groups is 3. The summed E-state index contributed by atoms with van der Waals surface area (Å²) in [6.45, 7) is 3.48. The Kier molecular flexibility index (Phi) is 5.32. The number of ether oxygens (including phenoxy) is 2. The Hall–Kier alpha value is -2.48. The molecule has 2 saturated carbocycles. The normalized spacial score (nSPS) is 28.6. The van der Waals surface area contributed by atoms with Crippen LogP contribution in [0, 0.1) is 17.3 Å². The topological polar surface area (TPSA) is 104 Å². The summed E-state index contributed by atoms with van der Waals surface area (Å²) < 4.78 is 36.5. The third-order valence-electron chi connectivity index (χ3n) is 7.03. The molecule has 1 aromatic rings. The molecule has 0 radical (unpaired) electrons. The highest BCUT2D eigenvalue weighted by molar-refractivity contribution is 7.93. The summed E-state index contributed by atoms with van der Waals surface area (Å²) in [5.41, 5.74) is -1.09. The molecule has 0 saturated heterocycles. The van der Waals surface area contributed by atoms with E-state index in [0.29, 0.717) is 18.4 Å². The molecule has 0 heterocycles. The summed E-state index contributed by atoms with van der Waals surface area (Å²) in [7, 11) is -4.07. The molecule has 8 heteroatoms. The first-order chi connectivity index (χ1) is 14.8. The lowest BCUT2D eigenvalue weighted by molar-refractivity contribution is -0.177. The van der Waals surface area contributed by atoms with Crippen LogP contribution in [0.3, 0.4) is 0 Å². The molecule has 0 aromatic heterocycles. The van der Waals surface area contributed by atoms with E-state index in [1.54, 1.807) is 32.0 Å². The fourth-order valence-corrected chi connectivity index (χ4v) is 8.21. The molecule has 4 rings (SSSR count). The predicted molar refractivity (Wildman–Crippen MR) is 111 cm³/mol. The van der Waals surface area contributed by atoms with Crippen molar-refractivity contribution >= 4 is 27.6 Å². The van der Waals surface area contributed by atoms with Crippen LogP contribution in [-0.4, -0.2) is 44.1 Å². The van der Waals surface area contributed by atoms with Gasteiger partial charge < -0.3 is 9.47 Å². The van der Waals surface area contributed by atoms with Gasteiger partial charge >= 0.3 is 11.9 Å². The average molecular weight is 447 g/mol. The summed E-state index contributed by atoms with van der Waals surface area (Å²) in [5.74, 6) is -3.27. The van der Waals surface area contributed by atoms with Crippen molar-refractivity contribution in [3.8, 4) is 0 Å². The van der Waals surface area contributed by atoms with Gasteiger partial charge in [-0.3, -0.25) is 14.4 Å². The van der Waals surface area contributed by atoms with E-state index in [-0.39, 0.29) is 31.0 Å². The van der Waals surface area contributed by atoms with Crippen molar-refractivity contribution in [2.75, 3.05) is 13.2 Å². The van der Waals surface area contributed by atoms with Crippen LogP contribution in [0.4, 0.5) is 0 Å². The SMILES string of the molecule is CCOC(=O)C1(C(=O)OCC)CC2=CC(=O)[C@@]3(S(=O)(=O)c4ccccc4)CCC[C@@H]1[C@@H]23. The second-order valence-electron chi connectivity index (χ2n) is 8.35. The lowest BCUT2D eigenvalue weighted by Gasteiger charge is -2.43. The molecule has 0 bridgehead atoms. The minimum absolute atomic E-state index is 0.0438. The maximum Gasteiger partial charge on any atom is 0.324 e. The molecule has 31 heavy (non-hydrogen) atoms. The van der Waals surface area contributed by atoms with E-state index < -0.39 is 49.6 Å². The monoisotopic (exact) mass is 446 g/mol. The Morgan fingerprint density at radius 1 is 1.06 bits per heavy atom. The molecule has 0 spiro atoms. The van der Waals surface area contributed by atoms with Gasteiger partial charge in [-0.05, 0) is 57.2 Å². The van der Waals surface area contributed by atoms with Gasteiger partial charge in [-0.15, -0.1) is 0 Å². The lowest BCUT2D eigenvalue weighted by Crippen LogP contribution is -2.57. The Morgan fingerprint density at radius 3 is 2.26 bits per heavy atom. The summed E-state index contributed by atoms with van der Waals surface area (Å²) >= 11 is 0. The Labute approximate surface area is 181 Å². The van der Waals surface area contributed by atoms with Crippen molar-refractivity contribution in [1.29, 1.82) is 0 Å². The van der Waals surface area contributed by atoms with Crippen LogP contribution in [0.2, 0.25) is 0 Å². The molecule has 166 valence electrons. The zero-order valence-electron chi connectivity index (χ0n) is 17.6. The van der Waals surface area contributed by atoms with Crippen LogP contribution in [0.25, 0.3) is 0 Å². The second-order valence-corrected chi connectivity index (χ2v) is 10.6. The predicted octanol–water partition coefficient (Wildman–Crippen LogP) is 2.64. The molecule has 3 aliphatic carbocycles. The summed E-state index contributed by atoms with van der Waals surface area (Å²) in [6.07, 6.45) is 2.31. The molecule has 7 nitrogen and oxygen atoms in total. The van der Waals surface area contributed by atoms with Gasteiger partial charge in [-0.25, -0.2) is 8.42 Å². The van der Waals surface area contributed by atoms with E-state index in [9.17, 15) is 22.8 Å². The molecule has 0 N–H and O–H groups in total. The maximum absolute atomic E-state index is 13.8. The van der Waals surface area contributed by atoms with Gasteiger partial charge in [0.15, 0.2) is 21.0 Å². The van der Waals surface area contributed by atoms with Gasteiger partial charge in [0.25, 0.3) is 0 Å². The van der Waals surface area contributed by atoms with Crippen molar-refractivity contribution in [3.05, 3.63) is 42.0 Å². The van der Waals surface area contributed by atoms with Crippen LogP contribution in [0.5, 0.6) is 0 Å². The maximum atomic E-state index is 13.8. The van der Waals surface area contributed by atoms with Crippen molar-refractivity contribution in [3.63, 3.8) is 0 Å². The quantitative estimate of drug-likeness (QED) is 0.489. The summed E-state index contributed by atoms with van der Waals surface area (Å²) in [4.78, 5) is 39.6. The number of ketones is 1. The number of hydrogen-bond donors (Lipinski definition) is 0. The van der Waals surface area contributed by atoms with Gasteiger partial charge in [-0.1, -0.05) is 30.2 Å². The van der Waals surface area contributed by atoms with Crippen LogP contribution in [-0.2, 0) is 33.7 Å². The fourth-order valence-electron chi connectivity index (χ4n) is 5.89. The average Bonchev–Trinajstić information content (AvgIpc) is 3.25. The molecular weight excluding hydrogens is 420 g/mol. The van der Waals surface area contributed by atoms with E-state index in [1.165, 1.54) is 18.2 Å². The van der Waals surface area contributed by atoms with Gasteiger partial charge in [0.2, 0.25) is 0 Å². The van der Waals surface area contributed by atoms with Crippen LogP contribution >= 0.6 is 0 Å². The molecule has 3 atom stereocenters. The fraction of sp³-hybridized carbons (Fsp3) is 0.522. The smallest absolute Gasteiger partial charge is 0.324 e. The van der Waals surface area contributed by atoms with Crippen molar-refractivity contribution in [2.45, 2.75) is 49.2 Å². The largest absolute Gasteiger partial charge is 0.465 e. The van der Waals surface area contributed by atoms with Gasteiger partial charge in [-0.2, -0.15) is 0 Å². The van der Waals surface area contributed by atoms with Crippen molar-refractivity contribution < 1.29 is 32.3 Å². The second kappa shape index (κ2) is 7.58. The van der Waals surface area contributed by atoms with Crippen molar-refractivity contribution in [1.82, 2.24) is 0 Å². The highest BCUT2D eigenvalue weighted by Gasteiger charge is 2.73. The number of benzene rings is 1. The van der Waals surface area contributed by atoms with Crippen LogP contribution in [0.1, 0.15) is 39.5 Å². The number of rotatable bonds is 6. The highest BCUT2D eigenvalue weighted by Crippen LogP contribution is 2.65. The first-order valence-electron chi connectivity index (χ1n) is 10.7. The standard InChI is InChI=1S/C23H26O7S/c1-3-29-20(25)22(21(26)30-4-2)14-15-13-18(24)23(12-8-11-17(22)19(15)23)31(27,28)16-9-6-5-7-10-16/h5-7,9-10,13,17,19H,3-4,8,11-12,14H2,1-2H3/t17-,19-,23+/m1/s1. The Morgan fingerprint density at radius 2 is 1.68 bits per heavy atom. The minimum atomic E-state index is -4.07. The zero-order valence-corrected chi connectivity index (χ0v) is 18.4. The highest BCUT2D eigenvalue weighted by atomic mass is 32.2. The van der Waals surface area contributed by atoms with Gasteiger partial charge in [0.05, 0.1) is 18.1 Å². The first kappa shape index (κ1) is 21.7. The Balaban J connectivity index is 1.89. The Bertz CT molecular complexity index is 1040. The minimum Gasteiger partial charge on any atom is -0.465 e. The summed E-state index contributed by atoms with van der Waals surface area (Å²) in [6, 6.07) is 7.92. The van der Waals surface area contributed by atoms with Crippen LogP contribution in [0.15, 0.2) is 46.9 Å². The number of carbonyl (C=O) groups excluding carboxylic acids is 3. The van der Waals surface area contributed by atoms with Crippen LogP contribution < -0.4 is 0 Å². The third kappa shape index (κ3) is 2.76. The van der Waals surface area contributed by atoms with Gasteiger partial charge in [0, 0.05) is 5.92 Å². The summed E-state index contributed by atoms with van der Waals surface area (Å²) in [5, 5.41) is 0. The molecule has 0 unspecified atom stereocenters. The van der Waals surface area contributed by atoms with E-state index in [0.717, 1.165) is 0 Å².